The maximum atomic E-state index is 13.4. The molecule has 3 aliphatic rings. The SMILES string of the molecule is CS(=O)(=O)NC1C(Cc2cccc(-c3ccccc3)c2)N(C(=O)N2CC(F)(F)C2)CC12CC2. The monoisotopic (exact) mass is 475 g/mol. The standard InChI is InChI=1S/C24H27F2N3O3S/c1-33(31,32)27-21-20(13-17-6-5-9-19(12-17)18-7-3-2-4-8-18)29(14-23(21)10-11-23)22(30)28-15-24(25,26)16-28/h2-9,12,20-21,27H,10-11,13-16H2,1H3. The van der Waals surface area contributed by atoms with Gasteiger partial charge in [0.1, 0.15) is 0 Å². The van der Waals surface area contributed by atoms with E-state index in [-0.39, 0.29) is 5.41 Å². The van der Waals surface area contributed by atoms with Crippen LogP contribution in [0.2, 0.25) is 0 Å². The highest BCUT2D eigenvalue weighted by molar-refractivity contribution is 7.88. The first-order chi connectivity index (χ1) is 15.6. The number of alkyl halides is 2. The minimum atomic E-state index is -3.52. The fraction of sp³-hybridized carbons (Fsp3) is 0.458. The topological polar surface area (TPSA) is 69.7 Å². The number of urea groups is 1. The molecular weight excluding hydrogens is 448 g/mol. The first-order valence-electron chi connectivity index (χ1n) is 11.1. The van der Waals surface area contributed by atoms with Gasteiger partial charge in [0.15, 0.2) is 0 Å². The van der Waals surface area contributed by atoms with E-state index in [4.69, 9.17) is 0 Å². The van der Waals surface area contributed by atoms with Crippen molar-refractivity contribution in [2.45, 2.75) is 37.3 Å². The van der Waals surface area contributed by atoms with E-state index >= 15 is 0 Å². The van der Waals surface area contributed by atoms with Crippen LogP contribution in [-0.2, 0) is 16.4 Å². The molecule has 2 aliphatic heterocycles. The Hall–Kier alpha value is -2.52. The van der Waals surface area contributed by atoms with Gasteiger partial charge in [-0.05, 0) is 36.0 Å². The van der Waals surface area contributed by atoms with Gasteiger partial charge in [-0.2, -0.15) is 0 Å². The molecule has 9 heteroatoms. The van der Waals surface area contributed by atoms with Gasteiger partial charge in [-0.15, -0.1) is 0 Å². The largest absolute Gasteiger partial charge is 0.320 e. The van der Waals surface area contributed by atoms with Crippen LogP contribution in [0.15, 0.2) is 54.6 Å². The number of amides is 2. The predicted molar refractivity (Wildman–Crippen MR) is 121 cm³/mol. The zero-order valence-corrected chi connectivity index (χ0v) is 19.2. The van der Waals surface area contributed by atoms with Gasteiger partial charge >= 0.3 is 6.03 Å². The van der Waals surface area contributed by atoms with E-state index in [9.17, 15) is 22.0 Å². The highest BCUT2D eigenvalue weighted by Crippen LogP contribution is 2.56. The first-order valence-corrected chi connectivity index (χ1v) is 13.0. The van der Waals surface area contributed by atoms with Crippen molar-refractivity contribution in [1.82, 2.24) is 14.5 Å². The fourth-order valence-corrected chi connectivity index (χ4v) is 6.09. The number of nitrogens with zero attached hydrogens (tertiary/aromatic N) is 2. The van der Waals surface area contributed by atoms with Crippen molar-refractivity contribution in [3.63, 3.8) is 0 Å². The molecular formula is C24H27F2N3O3S. The molecule has 2 heterocycles. The van der Waals surface area contributed by atoms with Crippen molar-refractivity contribution >= 4 is 16.1 Å². The molecule has 2 aromatic rings. The Morgan fingerprint density at radius 3 is 2.30 bits per heavy atom. The van der Waals surface area contributed by atoms with Crippen molar-refractivity contribution < 1.29 is 22.0 Å². The van der Waals surface area contributed by atoms with Gasteiger partial charge in [-0.3, -0.25) is 0 Å². The molecule has 0 bridgehead atoms. The number of likely N-dealkylation sites (tertiary alicyclic amines) is 2. The van der Waals surface area contributed by atoms with E-state index in [1.54, 1.807) is 4.90 Å². The number of nitrogens with one attached hydrogen (secondary N) is 1. The molecule has 33 heavy (non-hydrogen) atoms. The number of halogens is 2. The molecule has 0 radical (unpaired) electrons. The number of hydrogen-bond acceptors (Lipinski definition) is 3. The second-order valence-electron chi connectivity index (χ2n) is 9.69. The normalized spacial score (nSPS) is 25.2. The number of benzene rings is 2. The lowest BCUT2D eigenvalue weighted by Crippen LogP contribution is -2.62. The second kappa shape index (κ2) is 7.77. The summed E-state index contributed by atoms with van der Waals surface area (Å²) in [7, 11) is -3.52. The number of sulfonamides is 1. The maximum absolute atomic E-state index is 13.4. The summed E-state index contributed by atoms with van der Waals surface area (Å²) in [5.41, 5.74) is 2.73. The summed E-state index contributed by atoms with van der Waals surface area (Å²) >= 11 is 0. The van der Waals surface area contributed by atoms with Crippen LogP contribution >= 0.6 is 0 Å². The van der Waals surface area contributed by atoms with Gasteiger partial charge in [-0.25, -0.2) is 26.7 Å². The smallest absolute Gasteiger partial charge is 0.319 e. The highest BCUT2D eigenvalue weighted by atomic mass is 32.2. The average molecular weight is 476 g/mol. The lowest BCUT2D eigenvalue weighted by atomic mass is 9.92. The molecule has 0 aromatic heterocycles. The Morgan fingerprint density at radius 1 is 1.03 bits per heavy atom. The Labute approximate surface area is 192 Å². The summed E-state index contributed by atoms with van der Waals surface area (Å²) in [6.07, 6.45) is 3.17. The first kappa shape index (κ1) is 22.3. The number of carbonyl (C=O) groups excluding carboxylic acids is 1. The van der Waals surface area contributed by atoms with Crippen LogP contribution < -0.4 is 4.72 Å². The van der Waals surface area contributed by atoms with Gasteiger partial charge in [0.2, 0.25) is 10.0 Å². The molecule has 2 aromatic carbocycles. The van der Waals surface area contributed by atoms with Crippen LogP contribution in [-0.4, -0.2) is 68.1 Å². The maximum Gasteiger partial charge on any atom is 0.320 e. The van der Waals surface area contributed by atoms with Crippen molar-refractivity contribution in [2.75, 3.05) is 25.9 Å². The Bertz CT molecular complexity index is 1160. The van der Waals surface area contributed by atoms with Crippen LogP contribution in [0, 0.1) is 5.41 Å². The summed E-state index contributed by atoms with van der Waals surface area (Å²) in [5.74, 6) is -2.85. The van der Waals surface area contributed by atoms with Crippen LogP contribution in [0.5, 0.6) is 0 Å². The summed E-state index contributed by atoms with van der Waals surface area (Å²) in [5, 5.41) is 0. The highest BCUT2D eigenvalue weighted by Gasteiger charge is 2.62. The summed E-state index contributed by atoms with van der Waals surface area (Å²) in [4.78, 5) is 16.0. The van der Waals surface area contributed by atoms with Gasteiger partial charge in [0.25, 0.3) is 5.92 Å². The lowest BCUT2D eigenvalue weighted by molar-refractivity contribution is -0.114. The van der Waals surface area contributed by atoms with Crippen molar-refractivity contribution in [1.29, 1.82) is 0 Å². The quantitative estimate of drug-likeness (QED) is 0.721. The number of hydrogen-bond donors (Lipinski definition) is 1. The van der Waals surface area contributed by atoms with Gasteiger partial charge in [-0.1, -0.05) is 54.6 Å². The third kappa shape index (κ3) is 4.48. The molecule has 6 nitrogen and oxygen atoms in total. The molecule has 2 atom stereocenters. The van der Waals surface area contributed by atoms with E-state index in [0.717, 1.165) is 40.7 Å². The summed E-state index contributed by atoms with van der Waals surface area (Å²) < 4.78 is 54.0. The fourth-order valence-electron chi connectivity index (χ4n) is 5.22. The van der Waals surface area contributed by atoms with Crippen molar-refractivity contribution in [3.8, 4) is 11.1 Å². The van der Waals surface area contributed by atoms with Crippen molar-refractivity contribution in [3.05, 3.63) is 60.2 Å². The molecule has 1 spiro atoms. The minimum absolute atomic E-state index is 0.326. The van der Waals surface area contributed by atoms with Gasteiger partial charge in [0, 0.05) is 18.0 Å². The minimum Gasteiger partial charge on any atom is -0.319 e. The molecule has 2 unspecified atom stereocenters. The zero-order valence-electron chi connectivity index (χ0n) is 18.4. The van der Waals surface area contributed by atoms with Crippen LogP contribution in [0.25, 0.3) is 11.1 Å². The molecule has 5 rings (SSSR count). The van der Waals surface area contributed by atoms with E-state index in [0.29, 0.717) is 13.0 Å². The summed E-state index contributed by atoms with van der Waals surface area (Å²) in [6, 6.07) is 16.5. The average Bonchev–Trinajstić information content (AvgIpc) is 3.47. The molecule has 1 N–H and O–H groups in total. The Kier molecular flexibility index (Phi) is 5.25. The predicted octanol–water partition coefficient (Wildman–Crippen LogP) is 3.35. The van der Waals surface area contributed by atoms with E-state index in [1.807, 2.05) is 54.6 Å². The lowest BCUT2D eigenvalue weighted by Gasteiger charge is -2.42. The molecule has 2 amide bonds. The van der Waals surface area contributed by atoms with Gasteiger partial charge in [0.05, 0.1) is 25.4 Å². The van der Waals surface area contributed by atoms with Crippen LogP contribution in [0.4, 0.5) is 13.6 Å². The molecule has 3 fully saturated rings. The van der Waals surface area contributed by atoms with E-state index < -0.39 is 47.2 Å². The molecule has 2 saturated heterocycles. The van der Waals surface area contributed by atoms with Gasteiger partial charge < -0.3 is 9.80 Å². The molecule has 176 valence electrons. The second-order valence-corrected chi connectivity index (χ2v) is 11.5. The Balaban J connectivity index is 1.45. The van der Waals surface area contributed by atoms with Crippen LogP contribution in [0.1, 0.15) is 18.4 Å². The molecule has 1 aliphatic carbocycles. The molecule has 1 saturated carbocycles. The number of rotatable bonds is 5. The Morgan fingerprint density at radius 2 is 1.70 bits per heavy atom. The third-order valence-electron chi connectivity index (χ3n) is 7.00. The number of carbonyl (C=O) groups is 1. The van der Waals surface area contributed by atoms with E-state index in [2.05, 4.69) is 4.72 Å². The third-order valence-corrected chi connectivity index (χ3v) is 7.68. The van der Waals surface area contributed by atoms with Crippen molar-refractivity contribution in [2.24, 2.45) is 5.41 Å². The van der Waals surface area contributed by atoms with E-state index in [1.165, 1.54) is 0 Å². The zero-order chi connectivity index (χ0) is 23.4. The summed E-state index contributed by atoms with van der Waals surface area (Å²) in [6.45, 7) is -0.796. The van der Waals surface area contributed by atoms with Crippen LogP contribution in [0.3, 0.4) is 0 Å².